The highest BCUT2D eigenvalue weighted by molar-refractivity contribution is 5.85. The predicted molar refractivity (Wildman–Crippen MR) is 78.1 cm³/mol. The fourth-order valence-electron chi connectivity index (χ4n) is 3.27. The molecule has 1 aromatic carbocycles. The van der Waals surface area contributed by atoms with E-state index >= 15 is 0 Å². The minimum absolute atomic E-state index is 0. The Hall–Kier alpha value is -0.570. The molecule has 1 saturated heterocycles. The molecular weight excluding hydrogens is 244 g/mol. The summed E-state index contributed by atoms with van der Waals surface area (Å²) in [7, 11) is 0. The molecular formula is C15H23ClN2. The average Bonchev–Trinajstić information content (AvgIpc) is 2.68. The van der Waals surface area contributed by atoms with Gasteiger partial charge in [-0.2, -0.15) is 0 Å². The Kier molecular flexibility index (Phi) is 4.66. The number of nitrogens with zero attached hydrogens (tertiary/aromatic N) is 1. The Bertz CT molecular complexity index is 388. The van der Waals surface area contributed by atoms with Crippen molar-refractivity contribution in [1.82, 2.24) is 10.2 Å². The van der Waals surface area contributed by atoms with E-state index in [4.69, 9.17) is 0 Å². The van der Waals surface area contributed by atoms with Crippen LogP contribution < -0.4 is 5.32 Å². The van der Waals surface area contributed by atoms with Gasteiger partial charge in [0.05, 0.1) is 0 Å². The fraction of sp³-hybridized carbons (Fsp3) is 0.600. The number of hydrogen-bond acceptors (Lipinski definition) is 2. The molecule has 0 saturated carbocycles. The molecule has 100 valence electrons. The molecule has 0 amide bonds. The number of piperidine rings is 1. The smallest absolute Gasteiger partial charge is 0.0326 e. The van der Waals surface area contributed by atoms with Crippen LogP contribution in [0.5, 0.6) is 0 Å². The zero-order valence-electron chi connectivity index (χ0n) is 11.1. The second kappa shape index (κ2) is 6.05. The van der Waals surface area contributed by atoms with Gasteiger partial charge in [0.25, 0.3) is 0 Å². The van der Waals surface area contributed by atoms with Gasteiger partial charge in [0.1, 0.15) is 0 Å². The largest absolute Gasteiger partial charge is 0.316 e. The van der Waals surface area contributed by atoms with E-state index in [2.05, 4.69) is 41.4 Å². The molecule has 1 aromatic rings. The molecule has 0 radical (unpaired) electrons. The van der Waals surface area contributed by atoms with Crippen molar-refractivity contribution in [1.29, 1.82) is 0 Å². The van der Waals surface area contributed by atoms with E-state index in [1.165, 1.54) is 43.6 Å². The zero-order chi connectivity index (χ0) is 11.7. The van der Waals surface area contributed by atoms with Crippen LogP contribution in [0.25, 0.3) is 0 Å². The third-order valence-corrected chi connectivity index (χ3v) is 4.32. The summed E-state index contributed by atoms with van der Waals surface area (Å²) in [6.07, 6.45) is 2.74. The van der Waals surface area contributed by atoms with Gasteiger partial charge in [-0.05, 0) is 49.9 Å². The molecule has 1 N–H and O–H groups in total. The Balaban J connectivity index is 0.00000120. The topological polar surface area (TPSA) is 15.3 Å². The molecule has 1 fully saturated rings. The number of fused-ring (bicyclic) bond motifs is 1. The summed E-state index contributed by atoms with van der Waals surface area (Å²) < 4.78 is 0. The summed E-state index contributed by atoms with van der Waals surface area (Å²) in [5.74, 6) is 0.848. The van der Waals surface area contributed by atoms with Crippen molar-refractivity contribution < 1.29 is 0 Å². The van der Waals surface area contributed by atoms with Crippen molar-refractivity contribution in [2.45, 2.75) is 32.4 Å². The van der Waals surface area contributed by atoms with Gasteiger partial charge >= 0.3 is 0 Å². The van der Waals surface area contributed by atoms with Gasteiger partial charge in [-0.3, -0.25) is 4.90 Å². The van der Waals surface area contributed by atoms with Crippen LogP contribution in [0.4, 0.5) is 0 Å². The highest BCUT2D eigenvalue weighted by Crippen LogP contribution is 2.33. The van der Waals surface area contributed by atoms with Gasteiger partial charge in [0.2, 0.25) is 0 Å². The molecule has 2 nitrogen and oxygen atoms in total. The molecule has 2 aliphatic heterocycles. The highest BCUT2D eigenvalue weighted by atomic mass is 35.5. The van der Waals surface area contributed by atoms with Gasteiger partial charge in [0, 0.05) is 19.1 Å². The van der Waals surface area contributed by atoms with E-state index in [1.54, 1.807) is 0 Å². The van der Waals surface area contributed by atoms with Crippen molar-refractivity contribution in [3.05, 3.63) is 35.4 Å². The van der Waals surface area contributed by atoms with Crippen LogP contribution in [0.3, 0.4) is 0 Å². The molecule has 0 aromatic heterocycles. The fourth-order valence-corrected chi connectivity index (χ4v) is 3.27. The van der Waals surface area contributed by atoms with Crippen LogP contribution >= 0.6 is 12.4 Å². The SMILES string of the molecule is CC1c2ccccc2CN1CC1CCCNC1.Cl. The number of nitrogens with one attached hydrogen (secondary N) is 1. The second-order valence-corrected chi connectivity index (χ2v) is 5.52. The lowest BCUT2D eigenvalue weighted by Gasteiger charge is -2.30. The summed E-state index contributed by atoms with van der Waals surface area (Å²) in [6.45, 7) is 7.17. The lowest BCUT2D eigenvalue weighted by Crippen LogP contribution is -2.37. The lowest BCUT2D eigenvalue weighted by molar-refractivity contribution is 0.175. The molecule has 2 atom stereocenters. The van der Waals surface area contributed by atoms with Gasteiger partial charge in [0.15, 0.2) is 0 Å². The van der Waals surface area contributed by atoms with Crippen molar-refractivity contribution in [2.75, 3.05) is 19.6 Å². The Morgan fingerprint density at radius 1 is 1.33 bits per heavy atom. The van der Waals surface area contributed by atoms with Gasteiger partial charge in [-0.1, -0.05) is 24.3 Å². The summed E-state index contributed by atoms with van der Waals surface area (Å²) in [6, 6.07) is 9.51. The Labute approximate surface area is 116 Å². The third kappa shape index (κ3) is 2.71. The van der Waals surface area contributed by atoms with Crippen molar-refractivity contribution in [2.24, 2.45) is 5.92 Å². The Morgan fingerprint density at radius 2 is 2.17 bits per heavy atom. The van der Waals surface area contributed by atoms with Crippen molar-refractivity contribution in [3.8, 4) is 0 Å². The molecule has 2 unspecified atom stereocenters. The molecule has 0 aliphatic carbocycles. The number of benzene rings is 1. The van der Waals surface area contributed by atoms with E-state index in [-0.39, 0.29) is 12.4 Å². The standard InChI is InChI=1S/C15H22N2.ClH/c1-12-15-7-3-2-6-14(15)11-17(12)10-13-5-4-8-16-9-13;/h2-3,6-7,12-13,16H,4-5,8-11H2,1H3;1H. The summed E-state index contributed by atoms with van der Waals surface area (Å²) >= 11 is 0. The molecule has 2 aliphatic rings. The summed E-state index contributed by atoms with van der Waals surface area (Å²) in [5.41, 5.74) is 3.07. The summed E-state index contributed by atoms with van der Waals surface area (Å²) in [4.78, 5) is 2.64. The van der Waals surface area contributed by atoms with Gasteiger partial charge < -0.3 is 5.32 Å². The predicted octanol–water partition coefficient (Wildman–Crippen LogP) is 2.98. The molecule has 0 bridgehead atoms. The van der Waals surface area contributed by atoms with Crippen molar-refractivity contribution >= 4 is 12.4 Å². The lowest BCUT2D eigenvalue weighted by atomic mass is 9.98. The first kappa shape index (κ1) is 13.9. The monoisotopic (exact) mass is 266 g/mol. The first-order valence-corrected chi connectivity index (χ1v) is 6.87. The average molecular weight is 267 g/mol. The van der Waals surface area contributed by atoms with Crippen LogP contribution in [-0.2, 0) is 6.54 Å². The van der Waals surface area contributed by atoms with E-state index in [0.717, 1.165) is 12.5 Å². The molecule has 18 heavy (non-hydrogen) atoms. The highest BCUT2D eigenvalue weighted by Gasteiger charge is 2.28. The minimum atomic E-state index is 0. The van der Waals surface area contributed by atoms with Crippen LogP contribution in [0.15, 0.2) is 24.3 Å². The van der Waals surface area contributed by atoms with Crippen molar-refractivity contribution in [3.63, 3.8) is 0 Å². The van der Waals surface area contributed by atoms with Gasteiger partial charge in [-0.15, -0.1) is 12.4 Å². The van der Waals surface area contributed by atoms with Crippen LogP contribution in [0.2, 0.25) is 0 Å². The summed E-state index contributed by atoms with van der Waals surface area (Å²) in [5, 5.41) is 3.52. The molecule has 3 rings (SSSR count). The minimum Gasteiger partial charge on any atom is -0.316 e. The maximum atomic E-state index is 3.52. The van der Waals surface area contributed by atoms with E-state index < -0.39 is 0 Å². The number of halogens is 1. The Morgan fingerprint density at radius 3 is 2.89 bits per heavy atom. The second-order valence-electron chi connectivity index (χ2n) is 5.52. The van der Waals surface area contributed by atoms with Gasteiger partial charge in [-0.25, -0.2) is 0 Å². The van der Waals surface area contributed by atoms with E-state index in [0.29, 0.717) is 6.04 Å². The quantitative estimate of drug-likeness (QED) is 0.885. The van der Waals surface area contributed by atoms with Crippen LogP contribution in [-0.4, -0.2) is 24.5 Å². The zero-order valence-corrected chi connectivity index (χ0v) is 11.9. The first-order chi connectivity index (χ1) is 8.34. The van der Waals surface area contributed by atoms with E-state index in [1.807, 2.05) is 0 Å². The molecule has 2 heterocycles. The maximum Gasteiger partial charge on any atom is 0.0326 e. The number of hydrogen-bond donors (Lipinski definition) is 1. The van der Waals surface area contributed by atoms with Crippen LogP contribution in [0.1, 0.15) is 36.9 Å². The van der Waals surface area contributed by atoms with Crippen LogP contribution in [0, 0.1) is 5.92 Å². The number of rotatable bonds is 2. The molecule has 0 spiro atoms. The maximum absolute atomic E-state index is 3.52. The molecule has 3 heteroatoms. The van der Waals surface area contributed by atoms with E-state index in [9.17, 15) is 0 Å². The third-order valence-electron chi connectivity index (χ3n) is 4.32. The normalized spacial score (nSPS) is 27.6. The first-order valence-electron chi connectivity index (χ1n) is 6.87.